The van der Waals surface area contributed by atoms with Crippen LogP contribution in [0.1, 0.15) is 59.3 Å². The lowest BCUT2D eigenvalue weighted by molar-refractivity contribution is -0.162. The highest BCUT2D eigenvalue weighted by atomic mass is 16.6. The van der Waals surface area contributed by atoms with Gasteiger partial charge in [0.25, 0.3) is 0 Å². The SMILES string of the molecule is CCOC(=O)C(CC(C)C1CCCCC1)C(=O)OCC. The molecule has 4 heteroatoms. The van der Waals surface area contributed by atoms with Crippen LogP contribution in [0.3, 0.4) is 0 Å². The zero-order valence-electron chi connectivity index (χ0n) is 13.0. The molecule has 0 spiro atoms. The van der Waals surface area contributed by atoms with E-state index in [1.165, 1.54) is 32.1 Å². The average molecular weight is 284 g/mol. The Morgan fingerprint density at radius 1 is 1.00 bits per heavy atom. The van der Waals surface area contributed by atoms with Crippen LogP contribution in [0.2, 0.25) is 0 Å². The Bertz CT molecular complexity index is 290. The molecule has 0 aliphatic heterocycles. The molecule has 4 nitrogen and oxygen atoms in total. The van der Waals surface area contributed by atoms with Gasteiger partial charge >= 0.3 is 11.9 Å². The molecule has 0 radical (unpaired) electrons. The Morgan fingerprint density at radius 3 is 1.95 bits per heavy atom. The van der Waals surface area contributed by atoms with Crippen molar-refractivity contribution >= 4 is 11.9 Å². The predicted molar refractivity (Wildman–Crippen MR) is 77.1 cm³/mol. The molecule has 1 atom stereocenters. The fourth-order valence-corrected chi connectivity index (χ4v) is 3.04. The maximum atomic E-state index is 12.0. The van der Waals surface area contributed by atoms with Gasteiger partial charge in [0.1, 0.15) is 0 Å². The van der Waals surface area contributed by atoms with Crippen LogP contribution >= 0.6 is 0 Å². The molecule has 0 aromatic rings. The highest BCUT2D eigenvalue weighted by Crippen LogP contribution is 2.33. The number of carbonyl (C=O) groups is 2. The molecule has 1 aliphatic rings. The highest BCUT2D eigenvalue weighted by molar-refractivity contribution is 5.94. The predicted octanol–water partition coefficient (Wildman–Crippen LogP) is 3.34. The van der Waals surface area contributed by atoms with Crippen LogP contribution in [0.15, 0.2) is 0 Å². The molecule has 0 saturated heterocycles. The summed E-state index contributed by atoms with van der Waals surface area (Å²) in [6, 6.07) is 0. The van der Waals surface area contributed by atoms with Gasteiger partial charge in [-0.25, -0.2) is 0 Å². The molecule has 1 fully saturated rings. The molecule has 0 amide bonds. The molecule has 0 aromatic carbocycles. The van der Waals surface area contributed by atoms with Crippen LogP contribution in [-0.4, -0.2) is 25.2 Å². The van der Waals surface area contributed by atoms with Crippen LogP contribution < -0.4 is 0 Å². The zero-order chi connectivity index (χ0) is 15.0. The third-order valence-electron chi connectivity index (χ3n) is 4.20. The monoisotopic (exact) mass is 284 g/mol. The minimum Gasteiger partial charge on any atom is -0.465 e. The van der Waals surface area contributed by atoms with Crippen molar-refractivity contribution in [3.63, 3.8) is 0 Å². The van der Waals surface area contributed by atoms with Gasteiger partial charge in [-0.3, -0.25) is 9.59 Å². The summed E-state index contributed by atoms with van der Waals surface area (Å²) in [6.07, 6.45) is 6.79. The van der Waals surface area contributed by atoms with Gasteiger partial charge in [0, 0.05) is 0 Å². The van der Waals surface area contributed by atoms with Crippen molar-refractivity contribution in [2.75, 3.05) is 13.2 Å². The maximum Gasteiger partial charge on any atom is 0.320 e. The summed E-state index contributed by atoms with van der Waals surface area (Å²) >= 11 is 0. The van der Waals surface area contributed by atoms with Crippen LogP contribution in [0, 0.1) is 17.8 Å². The number of rotatable bonds is 7. The van der Waals surface area contributed by atoms with Crippen molar-refractivity contribution in [2.24, 2.45) is 17.8 Å². The molecule has 0 N–H and O–H groups in total. The normalized spacial score (nSPS) is 17.8. The van der Waals surface area contributed by atoms with E-state index >= 15 is 0 Å². The van der Waals surface area contributed by atoms with Gasteiger partial charge in [0.15, 0.2) is 5.92 Å². The lowest BCUT2D eigenvalue weighted by Gasteiger charge is -2.29. The first-order chi connectivity index (χ1) is 9.60. The van der Waals surface area contributed by atoms with Crippen molar-refractivity contribution in [2.45, 2.75) is 59.3 Å². The summed E-state index contributed by atoms with van der Waals surface area (Å²) in [5.74, 6) is -0.654. The summed E-state index contributed by atoms with van der Waals surface area (Å²) in [7, 11) is 0. The second kappa shape index (κ2) is 8.98. The van der Waals surface area contributed by atoms with E-state index in [4.69, 9.17) is 9.47 Å². The van der Waals surface area contributed by atoms with Gasteiger partial charge in [0.05, 0.1) is 13.2 Å². The minimum atomic E-state index is -0.758. The number of hydrogen-bond donors (Lipinski definition) is 0. The number of hydrogen-bond acceptors (Lipinski definition) is 4. The van der Waals surface area contributed by atoms with Crippen LogP contribution in [0.4, 0.5) is 0 Å². The lowest BCUT2D eigenvalue weighted by Crippen LogP contribution is -2.31. The Kier molecular flexibility index (Phi) is 7.63. The zero-order valence-corrected chi connectivity index (χ0v) is 13.0. The molecule has 0 aromatic heterocycles. The van der Waals surface area contributed by atoms with Gasteiger partial charge in [-0.1, -0.05) is 39.0 Å². The summed E-state index contributed by atoms with van der Waals surface area (Å²) in [5.41, 5.74) is 0. The van der Waals surface area contributed by atoms with Crippen LogP contribution in [-0.2, 0) is 19.1 Å². The smallest absolute Gasteiger partial charge is 0.320 e. The fourth-order valence-electron chi connectivity index (χ4n) is 3.04. The van der Waals surface area contributed by atoms with E-state index in [9.17, 15) is 9.59 Å². The Balaban J connectivity index is 2.62. The summed E-state index contributed by atoms with van der Waals surface area (Å²) in [4.78, 5) is 23.9. The van der Waals surface area contributed by atoms with Crippen LogP contribution in [0.5, 0.6) is 0 Å². The number of carbonyl (C=O) groups excluding carboxylic acids is 2. The van der Waals surface area contributed by atoms with Gasteiger partial charge in [-0.2, -0.15) is 0 Å². The average Bonchev–Trinajstić information content (AvgIpc) is 2.45. The molecule has 0 heterocycles. The first-order valence-corrected chi connectivity index (χ1v) is 7.93. The van der Waals surface area contributed by atoms with E-state index in [0.29, 0.717) is 31.5 Å². The van der Waals surface area contributed by atoms with Crippen molar-refractivity contribution in [3.8, 4) is 0 Å². The van der Waals surface area contributed by atoms with Gasteiger partial charge in [-0.15, -0.1) is 0 Å². The Labute approximate surface area is 122 Å². The number of esters is 2. The fraction of sp³-hybridized carbons (Fsp3) is 0.875. The lowest BCUT2D eigenvalue weighted by atomic mass is 9.77. The van der Waals surface area contributed by atoms with E-state index in [1.54, 1.807) is 13.8 Å². The molecule has 0 bridgehead atoms. The summed E-state index contributed by atoms with van der Waals surface area (Å²) < 4.78 is 10.0. The molecule has 1 saturated carbocycles. The quantitative estimate of drug-likeness (QED) is 0.531. The van der Waals surface area contributed by atoms with Gasteiger partial charge in [0.2, 0.25) is 0 Å². The molecule has 116 valence electrons. The Hall–Kier alpha value is -1.06. The second-order valence-electron chi connectivity index (χ2n) is 5.67. The Morgan fingerprint density at radius 2 is 1.50 bits per heavy atom. The maximum absolute atomic E-state index is 12.0. The van der Waals surface area contributed by atoms with E-state index in [0.717, 1.165) is 0 Å². The molecular formula is C16H28O4. The van der Waals surface area contributed by atoms with E-state index in [1.807, 2.05) is 0 Å². The largest absolute Gasteiger partial charge is 0.465 e. The third-order valence-corrected chi connectivity index (χ3v) is 4.20. The topological polar surface area (TPSA) is 52.6 Å². The molecular weight excluding hydrogens is 256 g/mol. The minimum absolute atomic E-state index is 0.298. The van der Waals surface area contributed by atoms with Crippen molar-refractivity contribution < 1.29 is 19.1 Å². The van der Waals surface area contributed by atoms with Crippen molar-refractivity contribution in [3.05, 3.63) is 0 Å². The third kappa shape index (κ3) is 5.14. The van der Waals surface area contributed by atoms with E-state index in [2.05, 4.69) is 6.92 Å². The number of ether oxygens (including phenoxy) is 2. The molecule has 20 heavy (non-hydrogen) atoms. The first kappa shape index (κ1) is 17.0. The van der Waals surface area contributed by atoms with Crippen LogP contribution in [0.25, 0.3) is 0 Å². The van der Waals surface area contributed by atoms with Crippen molar-refractivity contribution in [1.82, 2.24) is 0 Å². The highest BCUT2D eigenvalue weighted by Gasteiger charge is 2.33. The summed E-state index contributed by atoms with van der Waals surface area (Å²) in [6.45, 7) is 6.25. The van der Waals surface area contributed by atoms with E-state index < -0.39 is 17.9 Å². The second-order valence-corrected chi connectivity index (χ2v) is 5.67. The molecule has 1 rings (SSSR count). The van der Waals surface area contributed by atoms with Gasteiger partial charge in [-0.05, 0) is 32.1 Å². The standard InChI is InChI=1S/C16H28O4/c1-4-19-15(17)14(16(18)20-5-2)11-12(3)13-9-7-6-8-10-13/h12-14H,4-11H2,1-3H3. The molecule has 1 aliphatic carbocycles. The van der Waals surface area contributed by atoms with Gasteiger partial charge < -0.3 is 9.47 Å². The van der Waals surface area contributed by atoms with Crippen molar-refractivity contribution in [1.29, 1.82) is 0 Å². The summed E-state index contributed by atoms with van der Waals surface area (Å²) in [5, 5.41) is 0. The first-order valence-electron chi connectivity index (χ1n) is 7.93. The van der Waals surface area contributed by atoms with E-state index in [-0.39, 0.29) is 0 Å². The molecule has 1 unspecified atom stereocenters.